The number of allylic oxidation sites excluding steroid dienone is 1. The third kappa shape index (κ3) is 5.85. The van der Waals surface area contributed by atoms with Crippen LogP contribution in [0.2, 0.25) is 0 Å². The number of unbranched alkanes of at least 4 members (excludes halogenated alkanes) is 2. The Morgan fingerprint density at radius 2 is 2.12 bits per heavy atom. The van der Waals surface area contributed by atoms with E-state index in [1.54, 1.807) is 18.2 Å². The van der Waals surface area contributed by atoms with Crippen LogP contribution in [0.3, 0.4) is 0 Å². The van der Waals surface area contributed by atoms with Crippen molar-refractivity contribution < 1.29 is 13.9 Å². The monoisotopic (exact) mass is 236 g/mol. The lowest BCUT2D eigenvalue weighted by Gasteiger charge is -1.99. The van der Waals surface area contributed by atoms with Crippen molar-refractivity contribution >= 4 is 12.0 Å². The smallest absolute Gasteiger partial charge is 0.302 e. The zero-order valence-corrected chi connectivity index (χ0v) is 9.99. The van der Waals surface area contributed by atoms with E-state index in [1.165, 1.54) is 13.0 Å². The van der Waals surface area contributed by atoms with Crippen molar-refractivity contribution in [1.82, 2.24) is 0 Å². The topological polar surface area (TPSA) is 26.3 Å². The molecule has 0 bridgehead atoms. The van der Waals surface area contributed by atoms with Crippen LogP contribution in [0.1, 0.15) is 31.7 Å². The van der Waals surface area contributed by atoms with Gasteiger partial charge in [-0.2, -0.15) is 0 Å². The van der Waals surface area contributed by atoms with E-state index in [4.69, 9.17) is 4.74 Å². The molecule has 0 fully saturated rings. The van der Waals surface area contributed by atoms with Gasteiger partial charge < -0.3 is 4.74 Å². The van der Waals surface area contributed by atoms with Crippen molar-refractivity contribution in [2.75, 3.05) is 6.61 Å². The Kier molecular flexibility index (Phi) is 6.00. The van der Waals surface area contributed by atoms with Crippen molar-refractivity contribution in [3.05, 3.63) is 41.7 Å². The fourth-order valence-corrected chi connectivity index (χ4v) is 1.40. The predicted molar refractivity (Wildman–Crippen MR) is 65.9 cm³/mol. The molecule has 0 atom stereocenters. The predicted octanol–water partition coefficient (Wildman–Crippen LogP) is 3.57. The van der Waals surface area contributed by atoms with Crippen molar-refractivity contribution in [1.29, 1.82) is 0 Å². The van der Waals surface area contributed by atoms with Gasteiger partial charge in [0.05, 0.1) is 6.61 Å². The van der Waals surface area contributed by atoms with Gasteiger partial charge in [-0.25, -0.2) is 4.39 Å². The molecule has 0 N–H and O–H groups in total. The summed E-state index contributed by atoms with van der Waals surface area (Å²) in [5.74, 6) is -0.449. The number of benzene rings is 1. The van der Waals surface area contributed by atoms with Crippen LogP contribution in [0.25, 0.3) is 6.08 Å². The summed E-state index contributed by atoms with van der Waals surface area (Å²) < 4.78 is 18.0. The first-order valence-electron chi connectivity index (χ1n) is 5.74. The molecule has 0 spiro atoms. The number of esters is 1. The Morgan fingerprint density at radius 1 is 1.35 bits per heavy atom. The minimum atomic E-state index is -0.244. The molecule has 0 aromatic heterocycles. The second-order valence-electron chi connectivity index (χ2n) is 3.76. The number of halogens is 1. The standard InChI is InChI=1S/C14H17FO2/c1-12(16)17-11-7-3-2-4-8-13-9-5-6-10-14(13)15/h4-6,8-10H,2-3,7,11H2,1H3/b8-4+. The summed E-state index contributed by atoms with van der Waals surface area (Å²) in [6, 6.07) is 6.67. The van der Waals surface area contributed by atoms with Gasteiger partial charge in [0.25, 0.3) is 0 Å². The number of ether oxygens (including phenoxy) is 1. The van der Waals surface area contributed by atoms with Gasteiger partial charge in [-0.1, -0.05) is 30.4 Å². The van der Waals surface area contributed by atoms with Gasteiger partial charge in [0.15, 0.2) is 0 Å². The van der Waals surface area contributed by atoms with Crippen molar-refractivity contribution in [3.63, 3.8) is 0 Å². The summed E-state index contributed by atoms with van der Waals surface area (Å²) >= 11 is 0. The fraction of sp³-hybridized carbons (Fsp3) is 0.357. The lowest BCUT2D eigenvalue weighted by molar-refractivity contribution is -0.141. The Morgan fingerprint density at radius 3 is 2.82 bits per heavy atom. The van der Waals surface area contributed by atoms with E-state index in [2.05, 4.69) is 0 Å². The minimum Gasteiger partial charge on any atom is -0.466 e. The Hall–Kier alpha value is -1.64. The largest absolute Gasteiger partial charge is 0.466 e. The van der Waals surface area contributed by atoms with Crippen molar-refractivity contribution in [2.24, 2.45) is 0 Å². The highest BCUT2D eigenvalue weighted by atomic mass is 19.1. The van der Waals surface area contributed by atoms with Gasteiger partial charge in [-0.05, 0) is 25.3 Å². The lowest BCUT2D eigenvalue weighted by atomic mass is 10.1. The molecule has 0 heterocycles. The summed E-state index contributed by atoms with van der Waals surface area (Å²) in [5.41, 5.74) is 0.604. The van der Waals surface area contributed by atoms with Gasteiger partial charge in [0.1, 0.15) is 5.82 Å². The Balaban J connectivity index is 2.18. The zero-order valence-electron chi connectivity index (χ0n) is 9.99. The first-order chi connectivity index (χ1) is 8.20. The Labute approximate surface area is 101 Å². The highest BCUT2D eigenvalue weighted by Crippen LogP contribution is 2.09. The molecule has 17 heavy (non-hydrogen) atoms. The summed E-state index contributed by atoms with van der Waals surface area (Å²) in [6.07, 6.45) is 6.34. The van der Waals surface area contributed by atoms with Crippen LogP contribution >= 0.6 is 0 Å². The van der Waals surface area contributed by atoms with Gasteiger partial charge in [-0.3, -0.25) is 4.79 Å². The second-order valence-corrected chi connectivity index (χ2v) is 3.76. The lowest BCUT2D eigenvalue weighted by Crippen LogP contribution is -1.99. The fourth-order valence-electron chi connectivity index (χ4n) is 1.40. The van der Waals surface area contributed by atoms with E-state index in [0.717, 1.165) is 19.3 Å². The number of carbonyl (C=O) groups excluding carboxylic acids is 1. The molecular formula is C14H17FO2. The summed E-state index contributed by atoms with van der Waals surface area (Å²) in [5, 5.41) is 0. The molecule has 92 valence electrons. The van der Waals surface area contributed by atoms with Crippen LogP contribution in [0, 0.1) is 5.82 Å². The average Bonchev–Trinajstić information content (AvgIpc) is 2.30. The van der Waals surface area contributed by atoms with Crippen molar-refractivity contribution in [3.8, 4) is 0 Å². The van der Waals surface area contributed by atoms with Crippen LogP contribution in [0.4, 0.5) is 4.39 Å². The quantitative estimate of drug-likeness (QED) is 0.557. The van der Waals surface area contributed by atoms with Crippen LogP contribution in [-0.4, -0.2) is 12.6 Å². The highest BCUT2D eigenvalue weighted by Gasteiger charge is 1.95. The summed E-state index contributed by atoms with van der Waals surface area (Å²) in [7, 11) is 0. The number of hydrogen-bond donors (Lipinski definition) is 0. The molecule has 3 heteroatoms. The second kappa shape index (κ2) is 7.60. The van der Waals surface area contributed by atoms with E-state index in [0.29, 0.717) is 12.2 Å². The SMILES string of the molecule is CC(=O)OCCCC/C=C/c1ccccc1F. The maximum atomic E-state index is 13.2. The maximum Gasteiger partial charge on any atom is 0.302 e. The molecule has 0 radical (unpaired) electrons. The first-order valence-corrected chi connectivity index (χ1v) is 5.74. The first kappa shape index (κ1) is 13.4. The molecule has 0 amide bonds. The molecule has 0 aliphatic heterocycles. The number of hydrogen-bond acceptors (Lipinski definition) is 2. The van der Waals surface area contributed by atoms with E-state index < -0.39 is 0 Å². The molecule has 0 aliphatic rings. The molecule has 0 aliphatic carbocycles. The van der Waals surface area contributed by atoms with Gasteiger partial charge in [-0.15, -0.1) is 0 Å². The van der Waals surface area contributed by atoms with Gasteiger partial charge in [0.2, 0.25) is 0 Å². The third-order valence-corrected chi connectivity index (χ3v) is 2.27. The summed E-state index contributed by atoms with van der Waals surface area (Å²) in [4.78, 5) is 10.5. The van der Waals surface area contributed by atoms with Crippen LogP contribution in [0.5, 0.6) is 0 Å². The molecule has 0 saturated carbocycles. The molecule has 1 aromatic rings. The number of rotatable bonds is 6. The number of carbonyl (C=O) groups is 1. The van der Waals surface area contributed by atoms with Crippen LogP contribution < -0.4 is 0 Å². The third-order valence-electron chi connectivity index (χ3n) is 2.27. The molecule has 0 saturated heterocycles. The van der Waals surface area contributed by atoms with E-state index in [-0.39, 0.29) is 11.8 Å². The highest BCUT2D eigenvalue weighted by molar-refractivity contribution is 5.65. The normalized spacial score (nSPS) is 10.7. The van der Waals surface area contributed by atoms with E-state index in [1.807, 2.05) is 12.1 Å². The van der Waals surface area contributed by atoms with Gasteiger partial charge >= 0.3 is 5.97 Å². The van der Waals surface area contributed by atoms with E-state index >= 15 is 0 Å². The minimum absolute atomic E-state index is 0.205. The zero-order chi connectivity index (χ0) is 12.5. The Bertz CT molecular complexity index is 386. The average molecular weight is 236 g/mol. The molecule has 2 nitrogen and oxygen atoms in total. The molecular weight excluding hydrogens is 219 g/mol. The van der Waals surface area contributed by atoms with Crippen molar-refractivity contribution in [2.45, 2.75) is 26.2 Å². The molecule has 1 rings (SSSR count). The van der Waals surface area contributed by atoms with Gasteiger partial charge in [0, 0.05) is 12.5 Å². The van der Waals surface area contributed by atoms with Crippen LogP contribution in [0.15, 0.2) is 30.3 Å². The maximum absolute atomic E-state index is 13.2. The molecule has 1 aromatic carbocycles. The summed E-state index contributed by atoms with van der Waals surface area (Å²) in [6.45, 7) is 1.86. The van der Waals surface area contributed by atoms with Crippen LogP contribution in [-0.2, 0) is 9.53 Å². The van der Waals surface area contributed by atoms with E-state index in [9.17, 15) is 9.18 Å². The molecule has 0 unspecified atom stereocenters.